The second-order valence-corrected chi connectivity index (χ2v) is 9.78. The molecule has 0 unspecified atom stereocenters. The van der Waals surface area contributed by atoms with Crippen LogP contribution in [-0.4, -0.2) is 0 Å². The lowest BCUT2D eigenvalue weighted by Crippen LogP contribution is -2.28. The van der Waals surface area contributed by atoms with Gasteiger partial charge in [-0.05, 0) is 119 Å². The summed E-state index contributed by atoms with van der Waals surface area (Å²) >= 11 is 0. The number of benzene rings is 1. The van der Waals surface area contributed by atoms with Crippen LogP contribution in [0.1, 0.15) is 94.1 Å². The first-order valence-corrected chi connectivity index (χ1v) is 11.4. The number of hydrogen-bond donors (Lipinski definition) is 0. The Bertz CT molecular complexity index is 569. The van der Waals surface area contributed by atoms with Gasteiger partial charge in [-0.1, -0.05) is 42.0 Å². The second-order valence-electron chi connectivity index (χ2n) is 9.78. The molecular formula is C26H38. The molecule has 0 N–H and O–H groups in total. The maximum Gasteiger partial charge on any atom is -0.0162 e. The fourth-order valence-electron chi connectivity index (χ4n) is 6.37. The van der Waals surface area contributed by atoms with E-state index in [9.17, 15) is 0 Å². The van der Waals surface area contributed by atoms with E-state index in [-0.39, 0.29) is 0 Å². The smallest absolute Gasteiger partial charge is 0.0162 e. The Morgan fingerprint density at radius 1 is 0.615 bits per heavy atom. The number of rotatable bonds is 3. The fourth-order valence-corrected chi connectivity index (χ4v) is 6.37. The van der Waals surface area contributed by atoms with E-state index in [2.05, 4.69) is 37.8 Å². The molecule has 0 radical (unpaired) electrons. The van der Waals surface area contributed by atoms with Crippen LogP contribution in [0, 0.1) is 30.6 Å². The van der Waals surface area contributed by atoms with Crippen molar-refractivity contribution in [3.63, 3.8) is 0 Å². The molecule has 26 heavy (non-hydrogen) atoms. The monoisotopic (exact) mass is 350 g/mol. The van der Waals surface area contributed by atoms with Crippen LogP contribution in [0.2, 0.25) is 0 Å². The lowest BCUT2D eigenvalue weighted by atomic mass is 9.65. The van der Waals surface area contributed by atoms with Gasteiger partial charge in [0, 0.05) is 0 Å². The predicted molar refractivity (Wildman–Crippen MR) is 112 cm³/mol. The van der Waals surface area contributed by atoms with Crippen LogP contribution in [0.5, 0.6) is 0 Å². The van der Waals surface area contributed by atoms with Gasteiger partial charge in [0.1, 0.15) is 0 Å². The molecular weight excluding hydrogens is 312 g/mol. The Labute approximate surface area is 161 Å². The van der Waals surface area contributed by atoms with E-state index in [4.69, 9.17) is 0 Å². The van der Waals surface area contributed by atoms with E-state index in [0.717, 1.165) is 29.6 Å². The van der Waals surface area contributed by atoms with Gasteiger partial charge >= 0.3 is 0 Å². The molecule has 3 aliphatic carbocycles. The van der Waals surface area contributed by atoms with Crippen molar-refractivity contribution >= 4 is 0 Å². The van der Waals surface area contributed by atoms with Crippen LogP contribution < -0.4 is 0 Å². The van der Waals surface area contributed by atoms with Gasteiger partial charge in [-0.25, -0.2) is 0 Å². The summed E-state index contributed by atoms with van der Waals surface area (Å²) in [4.78, 5) is 0. The summed E-state index contributed by atoms with van der Waals surface area (Å²) in [6.45, 7) is 6.39. The summed E-state index contributed by atoms with van der Waals surface area (Å²) in [6.07, 6.45) is 17.4. The molecule has 1 aromatic carbocycles. The van der Waals surface area contributed by atoms with E-state index in [1.54, 1.807) is 5.56 Å². The molecule has 0 bridgehead atoms. The first-order valence-electron chi connectivity index (χ1n) is 11.4. The summed E-state index contributed by atoms with van der Waals surface area (Å²) in [6, 6.07) is 9.35. The molecule has 0 nitrogen and oxygen atoms in total. The van der Waals surface area contributed by atoms with Crippen LogP contribution in [-0.2, 0) is 0 Å². The van der Waals surface area contributed by atoms with Crippen molar-refractivity contribution in [3.8, 4) is 0 Å². The molecule has 0 atom stereocenters. The van der Waals surface area contributed by atoms with Gasteiger partial charge < -0.3 is 0 Å². The van der Waals surface area contributed by atoms with Crippen molar-refractivity contribution in [2.45, 2.75) is 89.9 Å². The highest BCUT2D eigenvalue weighted by Crippen LogP contribution is 2.46. The Hall–Kier alpha value is -1.04. The van der Waals surface area contributed by atoms with Gasteiger partial charge in [0.25, 0.3) is 0 Å². The topological polar surface area (TPSA) is 0 Å². The van der Waals surface area contributed by atoms with E-state index < -0.39 is 0 Å². The van der Waals surface area contributed by atoms with Gasteiger partial charge in [-0.15, -0.1) is 0 Å². The minimum atomic E-state index is 0.832. The summed E-state index contributed by atoms with van der Waals surface area (Å²) in [5, 5.41) is 0. The van der Waals surface area contributed by atoms with E-state index in [0.29, 0.717) is 0 Å². The second kappa shape index (κ2) is 8.32. The molecule has 0 amide bonds. The van der Waals surface area contributed by atoms with Crippen molar-refractivity contribution in [2.24, 2.45) is 23.7 Å². The minimum absolute atomic E-state index is 0.832. The highest BCUT2D eigenvalue weighted by molar-refractivity contribution is 5.24. The maximum absolute atomic E-state index is 4.20. The predicted octanol–water partition coefficient (Wildman–Crippen LogP) is 7.82. The zero-order chi connectivity index (χ0) is 17.9. The van der Waals surface area contributed by atoms with Crippen LogP contribution in [0.4, 0.5) is 0 Å². The summed E-state index contributed by atoms with van der Waals surface area (Å²) in [5.41, 5.74) is 4.50. The van der Waals surface area contributed by atoms with Crippen LogP contribution >= 0.6 is 0 Å². The molecule has 3 saturated carbocycles. The fraction of sp³-hybridized carbons (Fsp3) is 0.692. The summed E-state index contributed by atoms with van der Waals surface area (Å²) in [5.74, 6) is 4.98. The Morgan fingerprint density at radius 3 is 1.54 bits per heavy atom. The minimum Gasteiger partial charge on any atom is -0.0999 e. The molecule has 0 heteroatoms. The molecule has 0 heterocycles. The van der Waals surface area contributed by atoms with Crippen molar-refractivity contribution < 1.29 is 0 Å². The number of aryl methyl sites for hydroxylation is 1. The lowest BCUT2D eigenvalue weighted by Gasteiger charge is -2.41. The zero-order valence-electron chi connectivity index (χ0n) is 16.9. The molecule has 0 spiro atoms. The zero-order valence-corrected chi connectivity index (χ0v) is 16.9. The van der Waals surface area contributed by atoms with E-state index in [1.165, 1.54) is 88.2 Å². The van der Waals surface area contributed by atoms with Crippen molar-refractivity contribution in [1.29, 1.82) is 0 Å². The standard InChI is InChI=1S/C26H38/c1-19-3-7-21(8-4-19)23-11-15-25(16-12-23)26-17-13-24(14-18-26)22-9-5-20(2)6-10-22/h5-6,9-10,21,23-26H,1,3-4,7-8,11-18H2,2H3. The normalized spacial score (nSPS) is 34.0. The van der Waals surface area contributed by atoms with Crippen molar-refractivity contribution in [1.82, 2.24) is 0 Å². The number of hydrogen-bond acceptors (Lipinski definition) is 0. The molecule has 1 aromatic rings. The largest absolute Gasteiger partial charge is 0.0999 e. The summed E-state index contributed by atoms with van der Waals surface area (Å²) in [7, 11) is 0. The highest BCUT2D eigenvalue weighted by atomic mass is 14.4. The Morgan fingerprint density at radius 2 is 1.04 bits per heavy atom. The van der Waals surface area contributed by atoms with Gasteiger partial charge in [0.05, 0.1) is 0 Å². The van der Waals surface area contributed by atoms with Gasteiger partial charge in [-0.2, -0.15) is 0 Å². The number of allylic oxidation sites excluding steroid dienone is 1. The quantitative estimate of drug-likeness (QED) is 0.487. The van der Waals surface area contributed by atoms with Crippen LogP contribution in [0.3, 0.4) is 0 Å². The molecule has 4 rings (SSSR count). The Balaban J connectivity index is 1.23. The first-order chi connectivity index (χ1) is 12.7. The molecule has 142 valence electrons. The third-order valence-electron chi connectivity index (χ3n) is 8.21. The SMILES string of the molecule is C=C1CCC(C2CCC(C3CCC(c4ccc(C)cc4)CC3)CC2)CC1. The average Bonchev–Trinajstić information content (AvgIpc) is 2.70. The van der Waals surface area contributed by atoms with E-state index in [1.807, 2.05) is 0 Å². The highest BCUT2D eigenvalue weighted by Gasteiger charge is 2.34. The maximum atomic E-state index is 4.20. The van der Waals surface area contributed by atoms with Gasteiger partial charge in [0.15, 0.2) is 0 Å². The molecule has 3 fully saturated rings. The molecule has 0 saturated heterocycles. The lowest BCUT2D eigenvalue weighted by molar-refractivity contribution is 0.124. The summed E-state index contributed by atoms with van der Waals surface area (Å²) < 4.78 is 0. The molecule has 0 aromatic heterocycles. The third kappa shape index (κ3) is 4.26. The van der Waals surface area contributed by atoms with Crippen molar-refractivity contribution in [3.05, 3.63) is 47.5 Å². The molecule has 0 aliphatic heterocycles. The van der Waals surface area contributed by atoms with Crippen molar-refractivity contribution in [2.75, 3.05) is 0 Å². The first kappa shape index (κ1) is 18.3. The van der Waals surface area contributed by atoms with Gasteiger partial charge in [-0.3, -0.25) is 0 Å². The third-order valence-corrected chi connectivity index (χ3v) is 8.21. The van der Waals surface area contributed by atoms with Gasteiger partial charge in [0.2, 0.25) is 0 Å². The molecule has 3 aliphatic rings. The Kier molecular flexibility index (Phi) is 5.87. The van der Waals surface area contributed by atoms with Crippen LogP contribution in [0.25, 0.3) is 0 Å². The van der Waals surface area contributed by atoms with E-state index >= 15 is 0 Å². The average molecular weight is 351 g/mol. The van der Waals surface area contributed by atoms with Crippen LogP contribution in [0.15, 0.2) is 36.4 Å².